The van der Waals surface area contributed by atoms with Gasteiger partial charge in [-0.2, -0.15) is 0 Å². The van der Waals surface area contributed by atoms with E-state index < -0.39 is 11.9 Å². The summed E-state index contributed by atoms with van der Waals surface area (Å²) in [6, 6.07) is 13.9. The maximum absolute atomic E-state index is 13.1. The van der Waals surface area contributed by atoms with Crippen LogP contribution in [0.5, 0.6) is 5.75 Å². The molecule has 7 nitrogen and oxygen atoms in total. The molecule has 2 aliphatic carbocycles. The molecule has 0 unspecified atom stereocenters. The largest absolute Gasteiger partial charge is 0.426 e. The van der Waals surface area contributed by atoms with E-state index in [0.29, 0.717) is 17.5 Å². The van der Waals surface area contributed by atoms with Crippen LogP contribution in [0.3, 0.4) is 0 Å². The standard InChI is InChI=1S/C26H23BrN2O5/c27-17-6-8-18(9-7-17)28-13-16(11-21(28)30)26(33)34-20-3-1-2-19(12-20)29-24(31)22-14-4-5-15(10-14)23(22)25(29)32/h1-3,6-9,12,14-16,22-23H,4-5,10-11,13H2/t14-,15-,16-,22+,23+/m0/s1. The Kier molecular flexibility index (Phi) is 5.09. The summed E-state index contributed by atoms with van der Waals surface area (Å²) in [6.07, 6.45) is 3.10. The van der Waals surface area contributed by atoms with Crippen molar-refractivity contribution in [3.8, 4) is 5.75 Å². The van der Waals surface area contributed by atoms with Gasteiger partial charge in [-0.25, -0.2) is 4.90 Å². The molecular weight excluding hydrogens is 500 g/mol. The molecular formula is C26H23BrN2O5. The molecule has 0 spiro atoms. The maximum atomic E-state index is 13.1. The summed E-state index contributed by atoms with van der Waals surface area (Å²) in [5, 5.41) is 0. The minimum atomic E-state index is -0.593. The normalized spacial score (nSPS) is 29.8. The third kappa shape index (κ3) is 3.38. The first-order valence-corrected chi connectivity index (χ1v) is 12.5. The number of hydrogen-bond donors (Lipinski definition) is 0. The first-order chi connectivity index (χ1) is 16.4. The lowest BCUT2D eigenvalue weighted by Crippen LogP contribution is -2.32. The molecule has 0 N–H and O–H groups in total. The van der Waals surface area contributed by atoms with Gasteiger partial charge in [-0.15, -0.1) is 0 Å². The fraction of sp³-hybridized carbons (Fsp3) is 0.385. The zero-order valence-electron chi connectivity index (χ0n) is 18.4. The minimum Gasteiger partial charge on any atom is -0.426 e. The quantitative estimate of drug-likeness (QED) is 0.345. The number of anilines is 2. The Hall–Kier alpha value is -3.00. The van der Waals surface area contributed by atoms with E-state index in [1.54, 1.807) is 29.2 Å². The summed E-state index contributed by atoms with van der Waals surface area (Å²) < 4.78 is 6.50. The Morgan fingerprint density at radius 1 is 0.912 bits per heavy atom. The highest BCUT2D eigenvalue weighted by atomic mass is 79.9. The second-order valence-corrected chi connectivity index (χ2v) is 10.6. The summed E-state index contributed by atoms with van der Waals surface area (Å²) >= 11 is 3.38. The van der Waals surface area contributed by atoms with Crippen LogP contribution in [0.1, 0.15) is 25.7 Å². The van der Waals surface area contributed by atoms with Gasteiger partial charge >= 0.3 is 5.97 Å². The molecule has 0 aromatic heterocycles. The molecule has 2 aliphatic heterocycles. The summed E-state index contributed by atoms with van der Waals surface area (Å²) in [4.78, 5) is 54.4. The van der Waals surface area contributed by atoms with E-state index in [-0.39, 0.29) is 48.3 Å². The Morgan fingerprint density at radius 2 is 1.59 bits per heavy atom. The van der Waals surface area contributed by atoms with E-state index in [9.17, 15) is 19.2 Å². The van der Waals surface area contributed by atoms with Crippen LogP contribution in [-0.4, -0.2) is 30.2 Å². The molecule has 34 heavy (non-hydrogen) atoms. The molecule has 3 amide bonds. The van der Waals surface area contributed by atoms with Gasteiger partial charge in [0.2, 0.25) is 17.7 Å². The SMILES string of the molecule is O=C(Oc1cccc(N2C(=O)[C@@H]3[C@H]4CC[C@@H](C4)[C@H]3C2=O)c1)[C@H]1CC(=O)N(c2ccc(Br)cc2)C1. The number of fused-ring (bicyclic) bond motifs is 5. The van der Waals surface area contributed by atoms with Crippen molar-refractivity contribution in [2.24, 2.45) is 29.6 Å². The molecule has 2 aromatic rings. The van der Waals surface area contributed by atoms with Gasteiger partial charge in [0.25, 0.3) is 0 Å². The van der Waals surface area contributed by atoms with Crippen LogP contribution in [0, 0.1) is 29.6 Å². The van der Waals surface area contributed by atoms with Crippen molar-refractivity contribution in [1.29, 1.82) is 0 Å². The Labute approximate surface area is 205 Å². The number of rotatable bonds is 4. The number of nitrogens with zero attached hydrogens (tertiary/aromatic N) is 2. The lowest BCUT2D eigenvalue weighted by Gasteiger charge is -2.19. The average molecular weight is 523 g/mol. The van der Waals surface area contributed by atoms with Crippen LogP contribution in [0.15, 0.2) is 53.0 Å². The van der Waals surface area contributed by atoms with E-state index in [1.807, 2.05) is 24.3 Å². The second kappa shape index (κ2) is 8.05. The molecule has 8 heteroatoms. The molecule has 0 radical (unpaired) electrons. The van der Waals surface area contributed by atoms with Gasteiger partial charge in [0, 0.05) is 29.2 Å². The number of carbonyl (C=O) groups excluding carboxylic acids is 4. The number of halogens is 1. The fourth-order valence-corrected chi connectivity index (χ4v) is 6.55. The molecule has 6 rings (SSSR count). The van der Waals surface area contributed by atoms with Crippen molar-refractivity contribution in [2.45, 2.75) is 25.7 Å². The molecule has 2 heterocycles. The van der Waals surface area contributed by atoms with Crippen LogP contribution in [0.2, 0.25) is 0 Å². The lowest BCUT2D eigenvalue weighted by atomic mass is 9.81. The van der Waals surface area contributed by atoms with E-state index in [1.165, 1.54) is 4.90 Å². The van der Waals surface area contributed by atoms with Crippen molar-refractivity contribution in [1.82, 2.24) is 0 Å². The van der Waals surface area contributed by atoms with Crippen LogP contribution in [0.25, 0.3) is 0 Å². The van der Waals surface area contributed by atoms with Gasteiger partial charge < -0.3 is 9.64 Å². The van der Waals surface area contributed by atoms with Crippen LogP contribution >= 0.6 is 15.9 Å². The Bertz CT molecular complexity index is 1180. The highest BCUT2D eigenvalue weighted by Gasteiger charge is 2.61. The van der Waals surface area contributed by atoms with E-state index >= 15 is 0 Å². The minimum absolute atomic E-state index is 0.0732. The zero-order chi connectivity index (χ0) is 23.6. The van der Waals surface area contributed by atoms with Crippen molar-refractivity contribution in [3.63, 3.8) is 0 Å². The molecule has 174 valence electrons. The lowest BCUT2D eigenvalue weighted by molar-refractivity contribution is -0.139. The van der Waals surface area contributed by atoms with E-state index in [2.05, 4.69) is 15.9 Å². The van der Waals surface area contributed by atoms with Crippen LogP contribution < -0.4 is 14.5 Å². The molecule has 2 bridgehead atoms. The summed E-state index contributed by atoms with van der Waals surface area (Å²) in [7, 11) is 0. The summed E-state index contributed by atoms with van der Waals surface area (Å²) in [6.45, 7) is 0.244. The third-order valence-corrected chi connectivity index (χ3v) is 8.35. The number of hydrogen-bond acceptors (Lipinski definition) is 5. The summed E-state index contributed by atoms with van der Waals surface area (Å²) in [5.41, 5.74) is 1.17. The number of carbonyl (C=O) groups is 4. The third-order valence-electron chi connectivity index (χ3n) is 7.82. The highest BCUT2D eigenvalue weighted by Crippen LogP contribution is 2.56. The molecule has 5 atom stereocenters. The Morgan fingerprint density at radius 3 is 2.26 bits per heavy atom. The zero-order valence-corrected chi connectivity index (χ0v) is 19.9. The van der Waals surface area contributed by atoms with Gasteiger partial charge in [0.15, 0.2) is 0 Å². The van der Waals surface area contributed by atoms with Crippen molar-refractivity contribution in [3.05, 3.63) is 53.0 Å². The topological polar surface area (TPSA) is 84.0 Å². The van der Waals surface area contributed by atoms with Gasteiger partial charge in [0.05, 0.1) is 23.4 Å². The van der Waals surface area contributed by atoms with Gasteiger partial charge in [-0.3, -0.25) is 19.2 Å². The smallest absolute Gasteiger partial charge is 0.316 e. The summed E-state index contributed by atoms with van der Waals surface area (Å²) in [5.74, 6) is -1.00. The molecule has 4 aliphatic rings. The average Bonchev–Trinajstić information content (AvgIpc) is 3.58. The van der Waals surface area contributed by atoms with E-state index in [4.69, 9.17) is 4.74 Å². The predicted octanol–water partition coefficient (Wildman–Crippen LogP) is 3.94. The predicted molar refractivity (Wildman–Crippen MR) is 127 cm³/mol. The molecule has 2 aromatic carbocycles. The monoisotopic (exact) mass is 522 g/mol. The second-order valence-electron chi connectivity index (χ2n) is 9.70. The number of ether oxygens (including phenoxy) is 1. The van der Waals surface area contributed by atoms with Gasteiger partial charge in [-0.1, -0.05) is 22.0 Å². The first-order valence-electron chi connectivity index (χ1n) is 11.7. The Balaban J connectivity index is 1.16. The van der Waals surface area contributed by atoms with Gasteiger partial charge in [-0.05, 0) is 67.5 Å². The molecule has 2 saturated carbocycles. The van der Waals surface area contributed by atoms with Crippen LogP contribution in [0.4, 0.5) is 11.4 Å². The van der Waals surface area contributed by atoms with E-state index in [0.717, 1.165) is 29.4 Å². The van der Waals surface area contributed by atoms with Crippen molar-refractivity contribution in [2.75, 3.05) is 16.3 Å². The number of esters is 1. The van der Waals surface area contributed by atoms with Gasteiger partial charge in [0.1, 0.15) is 5.75 Å². The van der Waals surface area contributed by atoms with Crippen LogP contribution in [-0.2, 0) is 19.2 Å². The van der Waals surface area contributed by atoms with Crippen molar-refractivity contribution >= 4 is 51.0 Å². The number of imide groups is 1. The maximum Gasteiger partial charge on any atom is 0.316 e. The fourth-order valence-electron chi connectivity index (χ4n) is 6.28. The highest BCUT2D eigenvalue weighted by molar-refractivity contribution is 9.10. The first kappa shape index (κ1) is 21.5. The number of amides is 3. The molecule has 4 fully saturated rings. The molecule has 2 saturated heterocycles. The van der Waals surface area contributed by atoms with Crippen molar-refractivity contribution < 1.29 is 23.9 Å². The number of benzene rings is 2.